The Kier molecular flexibility index (Phi) is 5.79. The van der Waals surface area contributed by atoms with Crippen LogP contribution in [0.25, 0.3) is 0 Å². The Morgan fingerprint density at radius 1 is 1.16 bits per heavy atom. The van der Waals surface area contributed by atoms with Crippen LogP contribution in [-0.4, -0.2) is 46.3 Å². The van der Waals surface area contributed by atoms with Gasteiger partial charge >= 0.3 is 5.97 Å². The molecular formula is C24H30N4O4. The molecule has 4 rings (SSSR count). The quantitative estimate of drug-likeness (QED) is 0.741. The van der Waals surface area contributed by atoms with Gasteiger partial charge in [0.15, 0.2) is 5.69 Å². The molecule has 1 atom stereocenters. The number of methoxy groups -OCH3 is 1. The molecule has 0 spiro atoms. The van der Waals surface area contributed by atoms with Crippen LogP contribution in [0.3, 0.4) is 0 Å². The fourth-order valence-corrected chi connectivity index (χ4v) is 4.63. The lowest BCUT2D eigenvalue weighted by molar-refractivity contribution is -0.127. The Bertz CT molecular complexity index is 1040. The molecule has 2 heterocycles. The summed E-state index contributed by atoms with van der Waals surface area (Å²) >= 11 is 0. The van der Waals surface area contributed by atoms with E-state index in [9.17, 15) is 14.4 Å². The van der Waals surface area contributed by atoms with Gasteiger partial charge in [0.1, 0.15) is 11.2 Å². The average molecular weight is 439 g/mol. The first-order chi connectivity index (χ1) is 15.2. The number of ether oxygens (including phenoxy) is 1. The van der Waals surface area contributed by atoms with Crippen molar-refractivity contribution >= 4 is 23.5 Å². The van der Waals surface area contributed by atoms with Crippen LogP contribution in [-0.2, 0) is 16.1 Å². The van der Waals surface area contributed by atoms with Gasteiger partial charge in [0.25, 0.3) is 5.91 Å². The summed E-state index contributed by atoms with van der Waals surface area (Å²) < 4.78 is 6.21. The van der Waals surface area contributed by atoms with Crippen molar-refractivity contribution in [2.45, 2.75) is 64.6 Å². The van der Waals surface area contributed by atoms with E-state index in [0.29, 0.717) is 11.6 Å². The number of carbonyl (C=O) groups excluding carboxylic acids is 3. The number of carbonyl (C=O) groups is 3. The van der Waals surface area contributed by atoms with Crippen LogP contribution in [0.2, 0.25) is 0 Å². The van der Waals surface area contributed by atoms with Gasteiger partial charge in [-0.05, 0) is 57.6 Å². The van der Waals surface area contributed by atoms with E-state index in [-0.39, 0.29) is 35.8 Å². The highest BCUT2D eigenvalue weighted by atomic mass is 16.5. The molecule has 0 bridgehead atoms. The van der Waals surface area contributed by atoms with Crippen molar-refractivity contribution in [3.63, 3.8) is 0 Å². The Balaban J connectivity index is 1.72. The molecule has 170 valence electrons. The zero-order valence-electron chi connectivity index (χ0n) is 19.1. The number of hydrogen-bond acceptors (Lipinski definition) is 5. The molecule has 1 fully saturated rings. The summed E-state index contributed by atoms with van der Waals surface area (Å²) in [5, 5.41) is 7.45. The van der Waals surface area contributed by atoms with Gasteiger partial charge in [-0.3, -0.25) is 19.2 Å². The second-order valence-electron chi connectivity index (χ2n) is 9.24. The van der Waals surface area contributed by atoms with Crippen LogP contribution in [0.5, 0.6) is 0 Å². The lowest BCUT2D eigenvalue weighted by Crippen LogP contribution is -2.65. The van der Waals surface area contributed by atoms with Gasteiger partial charge in [-0.2, -0.15) is 5.10 Å². The summed E-state index contributed by atoms with van der Waals surface area (Å²) in [6.45, 7) is 6.09. The smallest absolute Gasteiger partial charge is 0.358 e. The van der Waals surface area contributed by atoms with Crippen LogP contribution in [0.4, 0.5) is 5.69 Å². The molecule has 1 saturated carbocycles. The molecule has 1 aromatic carbocycles. The minimum absolute atomic E-state index is 0.0469. The maximum Gasteiger partial charge on any atom is 0.358 e. The topological polar surface area (TPSA) is 93.5 Å². The molecule has 0 saturated heterocycles. The zero-order valence-corrected chi connectivity index (χ0v) is 19.1. The normalized spacial score (nSPS) is 25.2. The van der Waals surface area contributed by atoms with Gasteiger partial charge < -0.3 is 10.1 Å². The Hall–Kier alpha value is -3.16. The van der Waals surface area contributed by atoms with Crippen LogP contribution < -0.4 is 10.2 Å². The second-order valence-corrected chi connectivity index (χ2v) is 9.24. The SMILES string of the molecule is COC(=O)c1cc2n(n1)CC(C)(C(=O)NC1CCC(C)CC1)N(c1ccc(C)cc1)C2=O. The minimum atomic E-state index is -1.21. The third kappa shape index (κ3) is 3.89. The molecule has 2 amide bonds. The number of nitrogens with one attached hydrogen (secondary N) is 1. The van der Waals surface area contributed by atoms with E-state index >= 15 is 0 Å². The predicted octanol–water partition coefficient (Wildman–Crippen LogP) is 3.09. The number of nitrogens with zero attached hydrogens (tertiary/aromatic N) is 3. The molecular weight excluding hydrogens is 408 g/mol. The molecule has 1 unspecified atom stereocenters. The highest BCUT2D eigenvalue weighted by molar-refractivity contribution is 6.12. The summed E-state index contributed by atoms with van der Waals surface area (Å²) in [4.78, 5) is 40.8. The molecule has 1 aliphatic carbocycles. The number of esters is 1. The van der Waals surface area contributed by atoms with Crippen molar-refractivity contribution in [2.75, 3.05) is 12.0 Å². The summed E-state index contributed by atoms with van der Waals surface area (Å²) in [6.07, 6.45) is 4.02. The third-order valence-corrected chi connectivity index (χ3v) is 6.68. The summed E-state index contributed by atoms with van der Waals surface area (Å²) in [7, 11) is 1.27. The number of anilines is 1. The number of benzene rings is 1. The fourth-order valence-electron chi connectivity index (χ4n) is 4.63. The monoisotopic (exact) mass is 438 g/mol. The number of aromatic nitrogens is 2. The van der Waals surface area contributed by atoms with Crippen molar-refractivity contribution in [1.29, 1.82) is 0 Å². The van der Waals surface area contributed by atoms with Crippen LogP contribution >= 0.6 is 0 Å². The second kappa shape index (κ2) is 8.41. The number of hydrogen-bond donors (Lipinski definition) is 1. The van der Waals surface area contributed by atoms with Gasteiger partial charge in [-0.15, -0.1) is 0 Å². The Morgan fingerprint density at radius 3 is 2.44 bits per heavy atom. The highest BCUT2D eigenvalue weighted by Gasteiger charge is 2.49. The maximum absolute atomic E-state index is 13.6. The van der Waals surface area contributed by atoms with Gasteiger partial charge in [-0.1, -0.05) is 24.6 Å². The molecule has 32 heavy (non-hydrogen) atoms. The van der Waals surface area contributed by atoms with Crippen molar-refractivity contribution in [3.8, 4) is 0 Å². The van der Waals surface area contributed by atoms with Crippen molar-refractivity contribution in [1.82, 2.24) is 15.1 Å². The van der Waals surface area contributed by atoms with E-state index in [1.54, 1.807) is 6.92 Å². The van der Waals surface area contributed by atoms with E-state index in [0.717, 1.165) is 31.2 Å². The molecule has 2 aliphatic rings. The lowest BCUT2D eigenvalue weighted by Gasteiger charge is -2.44. The molecule has 8 heteroatoms. The summed E-state index contributed by atoms with van der Waals surface area (Å²) in [6, 6.07) is 9.03. The molecule has 0 radical (unpaired) electrons. The largest absolute Gasteiger partial charge is 0.464 e. The molecule has 1 aliphatic heterocycles. The van der Waals surface area contributed by atoms with E-state index in [2.05, 4.69) is 17.3 Å². The van der Waals surface area contributed by atoms with Gasteiger partial charge in [-0.25, -0.2) is 4.79 Å². The highest BCUT2D eigenvalue weighted by Crippen LogP contribution is 2.34. The standard InChI is InChI=1S/C24H30N4O4/c1-15-5-9-17(10-6-15)25-23(31)24(3)14-27-20(13-19(26-27)22(30)32-4)21(29)28(24)18-11-7-16(2)8-12-18/h7-8,11-13,15,17H,5-6,9-10,14H2,1-4H3,(H,25,31). The molecule has 2 aromatic rings. The van der Waals surface area contributed by atoms with E-state index < -0.39 is 11.5 Å². The number of rotatable bonds is 4. The van der Waals surface area contributed by atoms with Crippen molar-refractivity contribution < 1.29 is 19.1 Å². The minimum Gasteiger partial charge on any atom is -0.464 e. The van der Waals surface area contributed by atoms with Crippen LogP contribution in [0, 0.1) is 12.8 Å². The lowest BCUT2D eigenvalue weighted by atomic mass is 9.86. The maximum atomic E-state index is 13.6. The van der Waals surface area contributed by atoms with Crippen molar-refractivity contribution in [3.05, 3.63) is 47.3 Å². The molecule has 8 nitrogen and oxygen atoms in total. The van der Waals surface area contributed by atoms with E-state index in [1.165, 1.54) is 22.8 Å². The molecule has 1 N–H and O–H groups in total. The summed E-state index contributed by atoms with van der Waals surface area (Å²) in [5.41, 5.74) is 0.775. The molecule has 1 aromatic heterocycles. The summed E-state index contributed by atoms with van der Waals surface area (Å²) in [5.74, 6) is -0.545. The first-order valence-corrected chi connectivity index (χ1v) is 11.1. The van der Waals surface area contributed by atoms with Crippen LogP contribution in [0.15, 0.2) is 30.3 Å². The van der Waals surface area contributed by atoms with Crippen molar-refractivity contribution in [2.24, 2.45) is 5.92 Å². The van der Waals surface area contributed by atoms with E-state index in [4.69, 9.17) is 4.74 Å². The first kappa shape index (κ1) is 22.0. The van der Waals surface area contributed by atoms with Gasteiger partial charge in [0.05, 0.1) is 13.7 Å². The third-order valence-electron chi connectivity index (χ3n) is 6.68. The zero-order chi connectivity index (χ0) is 23.0. The number of aryl methyl sites for hydroxylation is 1. The predicted molar refractivity (Wildman–Crippen MR) is 120 cm³/mol. The number of amides is 2. The Labute approximate surface area is 187 Å². The van der Waals surface area contributed by atoms with E-state index in [1.807, 2.05) is 31.2 Å². The fraction of sp³-hybridized carbons (Fsp3) is 0.500. The first-order valence-electron chi connectivity index (χ1n) is 11.1. The Morgan fingerprint density at radius 2 is 1.81 bits per heavy atom. The average Bonchev–Trinajstić information content (AvgIpc) is 3.20. The number of fused-ring (bicyclic) bond motifs is 1. The van der Waals surface area contributed by atoms with Gasteiger partial charge in [0.2, 0.25) is 5.91 Å². The van der Waals surface area contributed by atoms with Crippen LogP contribution in [0.1, 0.15) is 66.1 Å². The van der Waals surface area contributed by atoms with Gasteiger partial charge in [0, 0.05) is 17.8 Å².